The Bertz CT molecular complexity index is 1970. The number of aliphatic hydroxyl groups excluding tert-OH is 1. The maximum absolute atomic E-state index is 16.4. The Kier molecular flexibility index (Phi) is 8.97. The molecule has 2 saturated heterocycles. The standard InChI is InChI=1S/C36H39FN6O7Si/c1-23-33(51(2,3)37)32(14-15-40-21-30(38-39-40)28(22-44)25-9-5-4-6-10-25)50-36(23)29-19-27(43(47)48)12-13-31(29)42(34(36)45)20-24-8-7-11-26(18-24)41-16-17-49-35(41)46/h4-13,18-19,21,23,28,32-33,44H,14-17,20,22H2,1-3H3/t23-,28?,32+,33-,36+/m1/s1. The van der Waals surface area contributed by atoms with Crippen molar-refractivity contribution >= 4 is 37.5 Å². The molecule has 3 aromatic carbocycles. The summed E-state index contributed by atoms with van der Waals surface area (Å²) in [7, 11) is -3.51. The van der Waals surface area contributed by atoms with Crippen molar-refractivity contribution in [3.63, 3.8) is 0 Å². The zero-order valence-corrected chi connectivity index (χ0v) is 29.5. The number of non-ortho nitro benzene ring substituents is 1. The number of benzene rings is 3. The largest absolute Gasteiger partial charge is 0.447 e. The van der Waals surface area contributed by atoms with E-state index in [-0.39, 0.29) is 31.4 Å². The molecule has 13 nitrogen and oxygen atoms in total. The molecule has 5 atom stereocenters. The highest BCUT2D eigenvalue weighted by atomic mass is 28.4. The van der Waals surface area contributed by atoms with Crippen LogP contribution in [0.4, 0.5) is 26.0 Å². The van der Waals surface area contributed by atoms with Gasteiger partial charge in [0, 0.05) is 47.6 Å². The lowest BCUT2D eigenvalue weighted by molar-refractivity contribution is -0.385. The molecule has 1 N–H and O–H groups in total. The SMILES string of the molecule is C[C@@H]1[C@@H]([Si](C)(C)F)[C@H](CCn2cc(C(CO)c3ccccc3)nn2)O[C@@]12C(=O)N(Cc1cccc(N3CCOC3=O)c1)c1ccc([N+](=O)[O-])cc12. The van der Waals surface area contributed by atoms with Crippen LogP contribution in [0.15, 0.2) is 79.0 Å². The summed E-state index contributed by atoms with van der Waals surface area (Å²) in [5.74, 6) is -1.43. The van der Waals surface area contributed by atoms with Crippen molar-refractivity contribution in [1.82, 2.24) is 15.0 Å². The molecule has 0 saturated carbocycles. The van der Waals surface area contributed by atoms with Crippen LogP contribution in [0.2, 0.25) is 18.6 Å². The van der Waals surface area contributed by atoms with E-state index in [2.05, 4.69) is 10.3 Å². The molecule has 3 aliphatic rings. The number of ether oxygens (including phenoxy) is 2. The summed E-state index contributed by atoms with van der Waals surface area (Å²) < 4.78 is 29.9. The molecule has 2 fully saturated rings. The third-order valence-corrected chi connectivity index (χ3v) is 12.9. The Balaban J connectivity index is 1.20. The van der Waals surface area contributed by atoms with Crippen LogP contribution in [0.1, 0.15) is 41.6 Å². The van der Waals surface area contributed by atoms with Crippen LogP contribution in [-0.4, -0.2) is 71.3 Å². The molecular formula is C36H39FN6O7Si. The number of halogens is 1. The van der Waals surface area contributed by atoms with Crippen molar-refractivity contribution in [1.29, 1.82) is 0 Å². The van der Waals surface area contributed by atoms with E-state index in [1.807, 2.05) is 49.4 Å². The summed E-state index contributed by atoms with van der Waals surface area (Å²) in [5.41, 5.74) is 1.15. The highest BCUT2D eigenvalue weighted by Gasteiger charge is 2.67. The Morgan fingerprint density at radius 3 is 2.59 bits per heavy atom. The second kappa shape index (κ2) is 13.3. The first-order valence-electron chi connectivity index (χ1n) is 17.0. The molecule has 4 aromatic rings. The maximum atomic E-state index is 16.4. The van der Waals surface area contributed by atoms with Gasteiger partial charge < -0.3 is 23.6 Å². The molecule has 266 valence electrons. The van der Waals surface area contributed by atoms with Crippen LogP contribution in [0.3, 0.4) is 0 Å². The molecule has 0 bridgehead atoms. The van der Waals surface area contributed by atoms with Gasteiger partial charge in [0.2, 0.25) is 8.41 Å². The van der Waals surface area contributed by atoms with Crippen molar-refractivity contribution < 1.29 is 33.2 Å². The van der Waals surface area contributed by atoms with E-state index in [4.69, 9.17) is 9.47 Å². The zero-order chi connectivity index (χ0) is 36.1. The number of nitro benzene ring substituents is 1. The number of fused-ring (bicyclic) bond motifs is 2. The molecule has 4 heterocycles. The fourth-order valence-corrected chi connectivity index (χ4v) is 10.6. The van der Waals surface area contributed by atoms with Gasteiger partial charge in [-0.15, -0.1) is 5.10 Å². The van der Waals surface area contributed by atoms with Crippen molar-refractivity contribution in [3.05, 3.63) is 111 Å². The Morgan fingerprint density at radius 1 is 1.12 bits per heavy atom. The summed E-state index contributed by atoms with van der Waals surface area (Å²) in [6, 6.07) is 21.0. The predicted molar refractivity (Wildman–Crippen MR) is 187 cm³/mol. The number of hydrogen-bond donors (Lipinski definition) is 1. The van der Waals surface area contributed by atoms with Gasteiger partial charge in [0.05, 0.1) is 48.0 Å². The van der Waals surface area contributed by atoms with Crippen LogP contribution in [0.25, 0.3) is 0 Å². The number of nitrogens with zero attached hydrogens (tertiary/aromatic N) is 6. The first kappa shape index (κ1) is 34.5. The third kappa shape index (κ3) is 6.08. The number of hydrogen-bond acceptors (Lipinski definition) is 9. The lowest BCUT2D eigenvalue weighted by Gasteiger charge is -2.31. The van der Waals surface area contributed by atoms with Gasteiger partial charge in [-0.05, 0) is 48.8 Å². The smallest absolute Gasteiger partial charge is 0.414 e. The quantitative estimate of drug-likeness (QED) is 0.0895. The van der Waals surface area contributed by atoms with Crippen LogP contribution in [-0.2, 0) is 33.0 Å². The van der Waals surface area contributed by atoms with Gasteiger partial charge in [-0.25, -0.2) is 4.79 Å². The average Bonchev–Trinajstić information content (AvgIpc) is 3.87. The molecular weight excluding hydrogens is 676 g/mol. The van der Waals surface area contributed by atoms with Gasteiger partial charge in [0.1, 0.15) is 6.61 Å². The topological polar surface area (TPSA) is 153 Å². The van der Waals surface area contributed by atoms with E-state index < -0.39 is 48.5 Å². The Hall–Kier alpha value is -4.99. The second-order valence-corrected chi connectivity index (χ2v) is 17.7. The monoisotopic (exact) mass is 714 g/mol. The number of aryl methyl sites for hydroxylation is 1. The van der Waals surface area contributed by atoms with Crippen molar-refractivity contribution in [2.75, 3.05) is 29.6 Å². The zero-order valence-electron chi connectivity index (χ0n) is 28.5. The molecule has 7 rings (SSSR count). The maximum Gasteiger partial charge on any atom is 0.414 e. The van der Waals surface area contributed by atoms with E-state index in [1.54, 1.807) is 47.1 Å². The second-order valence-electron chi connectivity index (χ2n) is 13.9. The number of anilines is 2. The number of nitro groups is 1. The molecule has 2 amide bonds. The number of amides is 2. The van der Waals surface area contributed by atoms with E-state index in [0.29, 0.717) is 42.1 Å². The minimum atomic E-state index is -3.51. The average molecular weight is 715 g/mol. The molecule has 3 aliphatic heterocycles. The lowest BCUT2D eigenvalue weighted by Crippen LogP contribution is -2.45. The van der Waals surface area contributed by atoms with Gasteiger partial charge in [-0.3, -0.25) is 24.5 Å². The number of cyclic esters (lactones) is 1. The first-order chi connectivity index (χ1) is 24.4. The predicted octanol–water partition coefficient (Wildman–Crippen LogP) is 5.68. The molecule has 15 heteroatoms. The number of carbonyl (C=O) groups is 2. The van der Waals surface area contributed by atoms with Gasteiger partial charge in [0.15, 0.2) is 5.60 Å². The van der Waals surface area contributed by atoms with E-state index in [0.717, 1.165) is 11.1 Å². The number of aromatic nitrogens is 3. The molecule has 0 radical (unpaired) electrons. The molecule has 51 heavy (non-hydrogen) atoms. The van der Waals surface area contributed by atoms with E-state index >= 15 is 4.11 Å². The van der Waals surface area contributed by atoms with Crippen molar-refractivity contribution in [2.24, 2.45) is 5.92 Å². The van der Waals surface area contributed by atoms with Crippen LogP contribution < -0.4 is 9.80 Å². The van der Waals surface area contributed by atoms with E-state index in [9.17, 15) is 24.8 Å². The van der Waals surface area contributed by atoms with Gasteiger partial charge >= 0.3 is 6.09 Å². The van der Waals surface area contributed by atoms with Crippen LogP contribution in [0.5, 0.6) is 0 Å². The van der Waals surface area contributed by atoms with Crippen LogP contribution in [0, 0.1) is 16.0 Å². The lowest BCUT2D eigenvalue weighted by atomic mass is 9.82. The summed E-state index contributed by atoms with van der Waals surface area (Å²) in [6.45, 7) is 5.94. The molecule has 1 spiro atoms. The first-order valence-corrected chi connectivity index (χ1v) is 19.9. The number of rotatable bonds is 11. The molecule has 0 aliphatic carbocycles. The summed E-state index contributed by atoms with van der Waals surface area (Å²) in [5, 5.41) is 30.7. The fraction of sp³-hybridized carbons (Fsp3) is 0.389. The third-order valence-electron chi connectivity index (χ3n) is 10.4. The summed E-state index contributed by atoms with van der Waals surface area (Å²) in [6.07, 6.45) is 0.908. The van der Waals surface area contributed by atoms with Crippen LogP contribution >= 0.6 is 0 Å². The highest BCUT2D eigenvalue weighted by Crippen LogP contribution is 2.60. The van der Waals surface area contributed by atoms with Gasteiger partial charge in [-0.1, -0.05) is 54.6 Å². The Morgan fingerprint density at radius 2 is 1.90 bits per heavy atom. The fourth-order valence-electron chi connectivity index (χ4n) is 8.11. The van der Waals surface area contributed by atoms with Crippen molar-refractivity contribution in [3.8, 4) is 0 Å². The number of carbonyl (C=O) groups excluding carboxylic acids is 2. The molecule has 1 aromatic heterocycles. The normalized spacial score (nSPS) is 23.6. The minimum Gasteiger partial charge on any atom is -0.447 e. The molecule has 1 unspecified atom stereocenters. The van der Waals surface area contributed by atoms with Crippen molar-refractivity contribution in [2.45, 2.75) is 62.7 Å². The summed E-state index contributed by atoms with van der Waals surface area (Å²) in [4.78, 5) is 41.6. The summed E-state index contributed by atoms with van der Waals surface area (Å²) >= 11 is 0. The number of aliphatic hydroxyl groups is 1. The minimum absolute atomic E-state index is 0.0964. The van der Waals surface area contributed by atoms with E-state index in [1.165, 1.54) is 17.0 Å². The van der Waals surface area contributed by atoms with Gasteiger partial charge in [-0.2, -0.15) is 0 Å². The van der Waals surface area contributed by atoms with Gasteiger partial charge in [0.25, 0.3) is 11.6 Å². The highest BCUT2D eigenvalue weighted by molar-refractivity contribution is 6.72. The Labute approximate surface area is 294 Å².